The first-order valence-corrected chi connectivity index (χ1v) is 10.9. The predicted molar refractivity (Wildman–Crippen MR) is 115 cm³/mol. The summed E-state index contributed by atoms with van der Waals surface area (Å²) in [6, 6.07) is 9.31. The Bertz CT molecular complexity index is 1200. The number of nitrogens with zero attached hydrogens (tertiary/aromatic N) is 4. The molecule has 4 aromatic rings. The van der Waals surface area contributed by atoms with Crippen molar-refractivity contribution < 1.29 is 8.63 Å². The van der Waals surface area contributed by atoms with Gasteiger partial charge in [-0.2, -0.15) is 5.10 Å². The SMILES string of the molecule is CN[S+](C)(=O)c1ccc(N(C)C)c(Nc2ncnc3n[nH]c(-c4ccco4)c23)c1. The van der Waals surface area contributed by atoms with Crippen LogP contribution in [-0.2, 0) is 14.3 Å². The van der Waals surface area contributed by atoms with Gasteiger partial charge in [-0.15, -0.1) is 4.72 Å². The molecule has 0 saturated carbocycles. The zero-order chi connectivity index (χ0) is 20.6. The summed E-state index contributed by atoms with van der Waals surface area (Å²) in [6.07, 6.45) is 4.73. The van der Waals surface area contributed by atoms with Crippen molar-refractivity contribution in [2.45, 2.75) is 4.90 Å². The van der Waals surface area contributed by atoms with Crippen LogP contribution < -0.4 is 14.9 Å². The lowest BCUT2D eigenvalue weighted by Crippen LogP contribution is -2.25. The minimum absolute atomic E-state index is 0.519. The lowest BCUT2D eigenvalue weighted by Gasteiger charge is -2.19. The summed E-state index contributed by atoms with van der Waals surface area (Å²) in [5.74, 6) is 1.21. The van der Waals surface area contributed by atoms with E-state index in [4.69, 9.17) is 4.42 Å². The van der Waals surface area contributed by atoms with Crippen molar-refractivity contribution in [3.05, 3.63) is 42.9 Å². The van der Waals surface area contributed by atoms with E-state index in [2.05, 4.69) is 30.2 Å². The van der Waals surface area contributed by atoms with Gasteiger partial charge in [0.1, 0.15) is 24.1 Å². The van der Waals surface area contributed by atoms with Gasteiger partial charge in [0.2, 0.25) is 0 Å². The second kappa shape index (κ2) is 7.30. The van der Waals surface area contributed by atoms with Crippen LogP contribution in [0, 0.1) is 0 Å². The molecule has 0 amide bonds. The molecule has 3 N–H and O–H groups in total. The van der Waals surface area contributed by atoms with Crippen molar-refractivity contribution >= 4 is 38.3 Å². The molecule has 0 spiro atoms. The molecule has 0 radical (unpaired) electrons. The standard InChI is InChI=1S/C19H22N7O2S/c1-20-29(4,27)12-7-8-14(26(2)3)13(10-12)23-18-16-17(15-6-5-9-28-15)24-25-19(16)22-11-21-18/h5-11H,1-4H3,(H,20,27)(H2,21,22,23,24,25)/q+1. The highest BCUT2D eigenvalue weighted by Crippen LogP contribution is 2.35. The van der Waals surface area contributed by atoms with E-state index in [0.29, 0.717) is 33.2 Å². The molecular formula is C19H22N7O2S+. The average molecular weight is 412 g/mol. The zero-order valence-electron chi connectivity index (χ0n) is 16.6. The van der Waals surface area contributed by atoms with Crippen LogP contribution in [-0.4, -0.2) is 47.6 Å². The summed E-state index contributed by atoms with van der Waals surface area (Å²) in [6.45, 7) is 0. The van der Waals surface area contributed by atoms with Crippen molar-refractivity contribution in [1.82, 2.24) is 24.9 Å². The van der Waals surface area contributed by atoms with Crippen LogP contribution in [0.25, 0.3) is 22.5 Å². The molecule has 0 saturated heterocycles. The van der Waals surface area contributed by atoms with Gasteiger partial charge in [0.05, 0.1) is 23.0 Å². The molecule has 1 aromatic carbocycles. The molecule has 0 aliphatic rings. The van der Waals surface area contributed by atoms with Crippen molar-refractivity contribution in [2.75, 3.05) is 37.6 Å². The number of nitrogens with one attached hydrogen (secondary N) is 3. The molecule has 9 nitrogen and oxygen atoms in total. The number of rotatable bonds is 6. The minimum atomic E-state index is -2.36. The molecule has 0 aliphatic carbocycles. The number of anilines is 3. The first kappa shape index (κ1) is 19.1. The van der Waals surface area contributed by atoms with E-state index >= 15 is 0 Å². The van der Waals surface area contributed by atoms with Gasteiger partial charge in [-0.25, -0.2) is 9.97 Å². The van der Waals surface area contributed by atoms with Gasteiger partial charge >= 0.3 is 0 Å². The van der Waals surface area contributed by atoms with Crippen LogP contribution in [0.1, 0.15) is 0 Å². The predicted octanol–water partition coefficient (Wildman–Crippen LogP) is 3.05. The molecule has 1 atom stereocenters. The number of fused-ring (bicyclic) bond motifs is 1. The number of hydrogen-bond acceptors (Lipinski definition) is 7. The lowest BCUT2D eigenvalue weighted by atomic mass is 10.2. The minimum Gasteiger partial charge on any atom is -0.463 e. The summed E-state index contributed by atoms with van der Waals surface area (Å²) in [4.78, 5) is 11.3. The maximum atomic E-state index is 12.8. The Hall–Kier alpha value is -3.24. The number of aromatic nitrogens is 4. The molecule has 150 valence electrons. The summed E-state index contributed by atoms with van der Waals surface area (Å²) in [5.41, 5.74) is 2.90. The van der Waals surface area contributed by atoms with Gasteiger partial charge in [0.25, 0.3) is 0 Å². The van der Waals surface area contributed by atoms with Crippen molar-refractivity contribution in [3.63, 3.8) is 0 Å². The van der Waals surface area contributed by atoms with E-state index < -0.39 is 10.1 Å². The maximum Gasteiger partial charge on any atom is 0.186 e. The second-order valence-electron chi connectivity index (χ2n) is 6.74. The Morgan fingerprint density at radius 1 is 1.21 bits per heavy atom. The smallest absolute Gasteiger partial charge is 0.186 e. The lowest BCUT2D eigenvalue weighted by molar-refractivity contribution is 0.580. The molecule has 29 heavy (non-hydrogen) atoms. The van der Waals surface area contributed by atoms with E-state index in [1.165, 1.54) is 6.33 Å². The van der Waals surface area contributed by atoms with Gasteiger partial charge < -0.3 is 14.6 Å². The van der Waals surface area contributed by atoms with E-state index in [-0.39, 0.29) is 0 Å². The molecule has 1 unspecified atom stereocenters. The Balaban J connectivity index is 1.86. The highest BCUT2D eigenvalue weighted by molar-refractivity contribution is 8.00. The first-order valence-electron chi connectivity index (χ1n) is 8.90. The number of H-pyrrole nitrogens is 1. The third-order valence-electron chi connectivity index (χ3n) is 4.66. The molecule has 3 aromatic heterocycles. The topological polar surface area (TPSA) is 112 Å². The molecule has 3 heterocycles. The quantitative estimate of drug-likeness (QED) is 0.417. The third kappa shape index (κ3) is 3.47. The van der Waals surface area contributed by atoms with Crippen LogP contribution in [0.2, 0.25) is 0 Å². The van der Waals surface area contributed by atoms with Crippen LogP contribution in [0.3, 0.4) is 0 Å². The van der Waals surface area contributed by atoms with Crippen LogP contribution in [0.15, 0.2) is 52.2 Å². The van der Waals surface area contributed by atoms with E-state index in [1.54, 1.807) is 19.6 Å². The fourth-order valence-electron chi connectivity index (χ4n) is 3.04. The fourth-order valence-corrected chi connectivity index (χ4v) is 3.95. The molecule has 0 bridgehead atoms. The van der Waals surface area contributed by atoms with Crippen LogP contribution in [0.4, 0.5) is 17.2 Å². The Kier molecular flexibility index (Phi) is 4.81. The highest BCUT2D eigenvalue weighted by atomic mass is 32.3. The maximum absolute atomic E-state index is 12.8. The number of furan rings is 1. The fraction of sp³-hybridized carbons (Fsp3) is 0.211. The molecule has 0 fully saturated rings. The summed E-state index contributed by atoms with van der Waals surface area (Å²) in [7, 11) is 3.22. The normalized spacial score (nSPS) is 13.4. The van der Waals surface area contributed by atoms with Crippen LogP contribution in [0.5, 0.6) is 0 Å². The molecule has 0 aliphatic heterocycles. The number of benzene rings is 1. The van der Waals surface area contributed by atoms with E-state index in [1.807, 2.05) is 49.3 Å². The van der Waals surface area contributed by atoms with E-state index in [0.717, 1.165) is 11.4 Å². The van der Waals surface area contributed by atoms with E-state index in [9.17, 15) is 4.21 Å². The molecule has 4 rings (SSSR count). The third-order valence-corrected chi connectivity index (χ3v) is 6.59. The van der Waals surface area contributed by atoms with Gasteiger partial charge in [-0.3, -0.25) is 5.10 Å². The zero-order valence-corrected chi connectivity index (χ0v) is 17.4. The average Bonchev–Trinajstić information content (AvgIpc) is 3.37. The Labute approximate surface area is 169 Å². The molecule has 10 heteroatoms. The van der Waals surface area contributed by atoms with Crippen molar-refractivity contribution in [3.8, 4) is 11.5 Å². The monoisotopic (exact) mass is 412 g/mol. The van der Waals surface area contributed by atoms with Gasteiger partial charge in [-0.05, 0) is 24.3 Å². The molecular weight excluding hydrogens is 390 g/mol. The van der Waals surface area contributed by atoms with Crippen molar-refractivity contribution in [1.29, 1.82) is 0 Å². The second-order valence-corrected chi connectivity index (χ2v) is 9.31. The summed E-state index contributed by atoms with van der Waals surface area (Å²) < 4.78 is 21.2. The number of aromatic amines is 1. The Morgan fingerprint density at radius 3 is 2.72 bits per heavy atom. The summed E-state index contributed by atoms with van der Waals surface area (Å²) >= 11 is 0. The van der Waals surface area contributed by atoms with Crippen molar-refractivity contribution in [2.24, 2.45) is 0 Å². The largest absolute Gasteiger partial charge is 0.463 e. The van der Waals surface area contributed by atoms with Gasteiger partial charge in [0, 0.05) is 27.2 Å². The first-order chi connectivity index (χ1) is 13.9. The number of hydrogen-bond donors (Lipinski definition) is 3. The van der Waals surface area contributed by atoms with Gasteiger partial charge in [-0.1, -0.05) is 4.21 Å². The highest BCUT2D eigenvalue weighted by Gasteiger charge is 2.25. The van der Waals surface area contributed by atoms with Crippen LogP contribution >= 0.6 is 0 Å². The summed E-state index contributed by atoms with van der Waals surface area (Å²) in [5, 5.41) is 11.3. The van der Waals surface area contributed by atoms with Gasteiger partial charge in [0.15, 0.2) is 26.4 Å². The Morgan fingerprint density at radius 2 is 2.03 bits per heavy atom.